The van der Waals surface area contributed by atoms with Crippen molar-refractivity contribution >= 4 is 11.7 Å². The number of hydrogen-bond acceptors (Lipinski definition) is 4. The van der Waals surface area contributed by atoms with Crippen LogP contribution in [0, 0.1) is 6.92 Å². The highest BCUT2D eigenvalue weighted by Crippen LogP contribution is 2.17. The SMILES string of the molecule is CCn1nc(C)c(N)c1C(=O)OCCCF. The largest absolute Gasteiger partial charge is 0.461 e. The average molecular weight is 229 g/mol. The minimum Gasteiger partial charge on any atom is -0.461 e. The van der Waals surface area contributed by atoms with Gasteiger partial charge in [0.05, 0.1) is 24.7 Å². The third-order valence-electron chi connectivity index (χ3n) is 2.18. The van der Waals surface area contributed by atoms with E-state index in [9.17, 15) is 9.18 Å². The number of aromatic nitrogens is 2. The summed E-state index contributed by atoms with van der Waals surface area (Å²) in [5, 5.41) is 4.09. The Hall–Kier alpha value is -1.59. The predicted molar refractivity (Wildman–Crippen MR) is 57.9 cm³/mol. The van der Waals surface area contributed by atoms with Crippen molar-refractivity contribution in [2.75, 3.05) is 19.0 Å². The van der Waals surface area contributed by atoms with Gasteiger partial charge in [-0.05, 0) is 13.8 Å². The highest BCUT2D eigenvalue weighted by atomic mass is 19.1. The lowest BCUT2D eigenvalue weighted by atomic mass is 10.3. The minimum atomic E-state index is -0.548. The Balaban J connectivity index is 2.81. The second-order valence-electron chi connectivity index (χ2n) is 3.34. The van der Waals surface area contributed by atoms with Crippen LogP contribution < -0.4 is 5.73 Å². The number of nitrogen functional groups attached to an aromatic ring is 1. The van der Waals surface area contributed by atoms with Crippen molar-refractivity contribution < 1.29 is 13.9 Å². The molecule has 0 bridgehead atoms. The summed E-state index contributed by atoms with van der Waals surface area (Å²) >= 11 is 0. The number of anilines is 1. The molecular weight excluding hydrogens is 213 g/mol. The van der Waals surface area contributed by atoms with E-state index >= 15 is 0 Å². The number of nitrogens with two attached hydrogens (primary N) is 1. The summed E-state index contributed by atoms with van der Waals surface area (Å²) in [6.07, 6.45) is 0.199. The topological polar surface area (TPSA) is 70.1 Å². The van der Waals surface area contributed by atoms with Crippen LogP contribution in [-0.4, -0.2) is 29.0 Å². The zero-order chi connectivity index (χ0) is 12.1. The summed E-state index contributed by atoms with van der Waals surface area (Å²) in [7, 11) is 0. The first kappa shape index (κ1) is 12.5. The minimum absolute atomic E-state index is 0.0582. The standard InChI is InChI=1S/C10H16FN3O2/c1-3-14-9(8(12)7(2)13-14)10(15)16-6-4-5-11/h3-6,12H2,1-2H3. The van der Waals surface area contributed by atoms with E-state index in [-0.39, 0.29) is 18.7 Å². The molecule has 1 rings (SSSR count). The summed E-state index contributed by atoms with van der Waals surface area (Å²) in [5.74, 6) is -0.548. The van der Waals surface area contributed by atoms with Gasteiger partial charge in [0.1, 0.15) is 0 Å². The van der Waals surface area contributed by atoms with Crippen LogP contribution in [0.15, 0.2) is 0 Å². The van der Waals surface area contributed by atoms with Gasteiger partial charge in [-0.2, -0.15) is 5.10 Å². The van der Waals surface area contributed by atoms with Crippen LogP contribution in [-0.2, 0) is 11.3 Å². The first-order valence-corrected chi connectivity index (χ1v) is 5.17. The van der Waals surface area contributed by atoms with Gasteiger partial charge in [0.25, 0.3) is 0 Å². The highest BCUT2D eigenvalue weighted by molar-refractivity contribution is 5.93. The summed E-state index contributed by atoms with van der Waals surface area (Å²) in [5.41, 5.74) is 6.90. The van der Waals surface area contributed by atoms with E-state index in [0.717, 1.165) is 0 Å². The number of esters is 1. The van der Waals surface area contributed by atoms with Crippen molar-refractivity contribution in [1.29, 1.82) is 0 Å². The van der Waals surface area contributed by atoms with Gasteiger partial charge in [-0.3, -0.25) is 9.07 Å². The van der Waals surface area contributed by atoms with Crippen molar-refractivity contribution in [2.24, 2.45) is 0 Å². The highest BCUT2D eigenvalue weighted by Gasteiger charge is 2.20. The average Bonchev–Trinajstić information content (AvgIpc) is 2.55. The van der Waals surface area contributed by atoms with E-state index in [1.807, 2.05) is 6.92 Å². The number of halogens is 1. The van der Waals surface area contributed by atoms with Gasteiger partial charge in [-0.1, -0.05) is 0 Å². The predicted octanol–water partition coefficient (Wildman–Crippen LogP) is 1.31. The number of aryl methyl sites for hydroxylation is 2. The molecule has 1 heterocycles. The fourth-order valence-corrected chi connectivity index (χ4v) is 1.33. The molecule has 0 amide bonds. The Morgan fingerprint density at radius 1 is 1.62 bits per heavy atom. The molecule has 0 aliphatic heterocycles. The van der Waals surface area contributed by atoms with E-state index in [2.05, 4.69) is 5.10 Å². The van der Waals surface area contributed by atoms with Crippen LogP contribution in [0.5, 0.6) is 0 Å². The first-order valence-electron chi connectivity index (χ1n) is 5.17. The molecule has 0 atom stereocenters. The van der Waals surface area contributed by atoms with E-state index in [0.29, 0.717) is 17.9 Å². The van der Waals surface area contributed by atoms with Gasteiger partial charge in [0, 0.05) is 13.0 Å². The smallest absolute Gasteiger partial charge is 0.358 e. The van der Waals surface area contributed by atoms with Crippen molar-refractivity contribution in [2.45, 2.75) is 26.8 Å². The molecule has 5 nitrogen and oxygen atoms in total. The number of ether oxygens (including phenoxy) is 1. The number of rotatable bonds is 5. The van der Waals surface area contributed by atoms with Crippen molar-refractivity contribution in [3.05, 3.63) is 11.4 Å². The molecule has 0 aliphatic carbocycles. The molecule has 0 aliphatic rings. The monoisotopic (exact) mass is 229 g/mol. The van der Waals surface area contributed by atoms with Crippen LogP contribution in [0.1, 0.15) is 29.5 Å². The molecule has 6 heteroatoms. The number of hydrogen-bond donors (Lipinski definition) is 1. The first-order chi connectivity index (χ1) is 7.61. The zero-order valence-electron chi connectivity index (χ0n) is 9.49. The lowest BCUT2D eigenvalue weighted by molar-refractivity contribution is 0.0481. The molecule has 0 aromatic carbocycles. The van der Waals surface area contributed by atoms with Gasteiger partial charge in [0.2, 0.25) is 0 Å². The van der Waals surface area contributed by atoms with E-state index in [1.165, 1.54) is 4.68 Å². The molecule has 2 N–H and O–H groups in total. The lowest BCUT2D eigenvalue weighted by Crippen LogP contribution is -2.15. The lowest BCUT2D eigenvalue weighted by Gasteiger charge is -2.05. The molecule has 90 valence electrons. The summed E-state index contributed by atoms with van der Waals surface area (Å²) in [6, 6.07) is 0. The van der Waals surface area contributed by atoms with E-state index in [4.69, 9.17) is 10.5 Å². The maximum atomic E-state index is 11.8. The maximum Gasteiger partial charge on any atom is 0.358 e. The van der Waals surface area contributed by atoms with Crippen LogP contribution in [0.25, 0.3) is 0 Å². The summed E-state index contributed by atoms with van der Waals surface area (Å²) in [6.45, 7) is 3.66. The molecule has 0 fully saturated rings. The molecule has 0 unspecified atom stereocenters. The van der Waals surface area contributed by atoms with E-state index in [1.54, 1.807) is 6.92 Å². The molecule has 0 saturated carbocycles. The quantitative estimate of drug-likeness (QED) is 0.610. The Morgan fingerprint density at radius 3 is 2.88 bits per heavy atom. The number of carbonyl (C=O) groups is 1. The van der Waals surface area contributed by atoms with Crippen molar-refractivity contribution in [1.82, 2.24) is 9.78 Å². The van der Waals surface area contributed by atoms with Gasteiger partial charge in [-0.15, -0.1) is 0 Å². The molecule has 1 aromatic heterocycles. The van der Waals surface area contributed by atoms with Gasteiger partial charge in [0.15, 0.2) is 5.69 Å². The van der Waals surface area contributed by atoms with Crippen LogP contribution >= 0.6 is 0 Å². The van der Waals surface area contributed by atoms with Crippen molar-refractivity contribution in [3.63, 3.8) is 0 Å². The molecule has 16 heavy (non-hydrogen) atoms. The van der Waals surface area contributed by atoms with Crippen LogP contribution in [0.4, 0.5) is 10.1 Å². The Kier molecular flexibility index (Phi) is 4.28. The number of alkyl halides is 1. The zero-order valence-corrected chi connectivity index (χ0v) is 9.49. The Bertz CT molecular complexity index is 376. The molecule has 0 spiro atoms. The Morgan fingerprint density at radius 2 is 2.31 bits per heavy atom. The number of carbonyl (C=O) groups excluding carboxylic acids is 1. The van der Waals surface area contributed by atoms with Gasteiger partial charge in [-0.25, -0.2) is 4.79 Å². The molecular formula is C10H16FN3O2. The summed E-state index contributed by atoms with van der Waals surface area (Å²) in [4.78, 5) is 11.6. The van der Waals surface area contributed by atoms with E-state index < -0.39 is 12.6 Å². The summed E-state index contributed by atoms with van der Waals surface area (Å²) < 4.78 is 18.2. The van der Waals surface area contributed by atoms with Gasteiger partial charge < -0.3 is 10.5 Å². The second-order valence-corrected chi connectivity index (χ2v) is 3.34. The normalized spacial score (nSPS) is 10.4. The Labute approximate surface area is 93.4 Å². The third-order valence-corrected chi connectivity index (χ3v) is 2.18. The van der Waals surface area contributed by atoms with Crippen molar-refractivity contribution in [3.8, 4) is 0 Å². The fourth-order valence-electron chi connectivity index (χ4n) is 1.33. The van der Waals surface area contributed by atoms with Gasteiger partial charge >= 0.3 is 5.97 Å². The number of nitrogens with zero attached hydrogens (tertiary/aromatic N) is 2. The maximum absolute atomic E-state index is 11.8. The fraction of sp³-hybridized carbons (Fsp3) is 0.600. The molecule has 0 saturated heterocycles. The van der Waals surface area contributed by atoms with Crippen LogP contribution in [0.3, 0.4) is 0 Å². The molecule has 0 radical (unpaired) electrons. The molecule has 1 aromatic rings. The third kappa shape index (κ3) is 2.50. The van der Waals surface area contributed by atoms with Crippen LogP contribution in [0.2, 0.25) is 0 Å². The second kappa shape index (κ2) is 5.48.